The molecule has 3 aliphatic rings. The first-order chi connectivity index (χ1) is 16.4. The fourth-order valence-corrected chi connectivity index (χ4v) is 5.30. The van der Waals surface area contributed by atoms with Crippen LogP contribution in [0, 0.1) is 0 Å². The minimum atomic E-state index is -1.40. The van der Waals surface area contributed by atoms with Crippen molar-refractivity contribution in [3.05, 3.63) is 59.7 Å². The molecule has 1 saturated heterocycles. The lowest BCUT2D eigenvalue weighted by Gasteiger charge is -2.42. The van der Waals surface area contributed by atoms with Gasteiger partial charge in [0.25, 0.3) is 0 Å². The molecule has 2 aliphatic carbocycles. The Morgan fingerprint density at radius 2 is 1.62 bits per heavy atom. The Labute approximate surface area is 197 Å². The summed E-state index contributed by atoms with van der Waals surface area (Å²) in [6.45, 7) is 0.429. The van der Waals surface area contributed by atoms with Crippen LogP contribution in [0.3, 0.4) is 0 Å². The van der Waals surface area contributed by atoms with Crippen molar-refractivity contribution >= 4 is 18.0 Å². The highest BCUT2D eigenvalue weighted by Crippen LogP contribution is 2.44. The third-order valence-electron chi connectivity index (χ3n) is 7.33. The number of carboxylic acids is 1. The predicted molar refractivity (Wildman–Crippen MR) is 123 cm³/mol. The molecule has 2 aromatic carbocycles. The zero-order valence-corrected chi connectivity index (χ0v) is 18.8. The highest BCUT2D eigenvalue weighted by molar-refractivity contribution is 5.88. The number of ether oxygens (including phenoxy) is 2. The van der Waals surface area contributed by atoms with E-state index in [4.69, 9.17) is 9.47 Å². The van der Waals surface area contributed by atoms with E-state index >= 15 is 0 Å². The Morgan fingerprint density at radius 3 is 2.15 bits per heavy atom. The number of alkyl carbamates (subject to hydrolysis) is 1. The number of carbonyl (C=O) groups excluding carboxylic acids is 2. The van der Waals surface area contributed by atoms with Gasteiger partial charge in [-0.1, -0.05) is 48.5 Å². The fourth-order valence-electron chi connectivity index (χ4n) is 5.30. The van der Waals surface area contributed by atoms with Crippen molar-refractivity contribution in [1.82, 2.24) is 10.6 Å². The van der Waals surface area contributed by atoms with Crippen LogP contribution in [0.4, 0.5) is 4.79 Å². The number of carboxylic acid groups (broad SMARTS) is 1. The van der Waals surface area contributed by atoms with Gasteiger partial charge in [0, 0.05) is 25.4 Å². The molecule has 1 unspecified atom stereocenters. The standard InChI is InChI=1S/C26H28N2O6/c29-22(27-26(23(30)31)12-13-33-16-26)14-25(10-5-11-25)28-24(32)34-15-21-19-8-3-1-6-17(19)18-7-2-4-9-20(18)21/h1-4,6-9,21H,5,10-16H2,(H,27,29)(H,28,32)(H,30,31). The summed E-state index contributed by atoms with van der Waals surface area (Å²) in [6.07, 6.45) is 1.83. The summed E-state index contributed by atoms with van der Waals surface area (Å²) in [4.78, 5) is 37.2. The van der Waals surface area contributed by atoms with E-state index in [2.05, 4.69) is 34.9 Å². The van der Waals surface area contributed by atoms with Gasteiger partial charge in [-0.15, -0.1) is 0 Å². The van der Waals surface area contributed by atoms with Gasteiger partial charge in [-0.05, 0) is 41.5 Å². The maximum Gasteiger partial charge on any atom is 0.407 e. The molecule has 8 nitrogen and oxygen atoms in total. The second kappa shape index (κ2) is 8.76. The summed E-state index contributed by atoms with van der Waals surface area (Å²) in [6, 6.07) is 16.3. The van der Waals surface area contributed by atoms with E-state index in [1.54, 1.807) is 0 Å². The molecule has 1 atom stereocenters. The van der Waals surface area contributed by atoms with Crippen LogP contribution in [-0.4, -0.2) is 54.0 Å². The molecular formula is C26H28N2O6. The van der Waals surface area contributed by atoms with Gasteiger partial charge in [-0.3, -0.25) is 4.79 Å². The number of carbonyl (C=O) groups is 3. The van der Waals surface area contributed by atoms with Crippen LogP contribution in [0.15, 0.2) is 48.5 Å². The zero-order chi connectivity index (χ0) is 23.8. The summed E-state index contributed by atoms with van der Waals surface area (Å²) in [5, 5.41) is 15.1. The molecule has 2 amide bonds. The van der Waals surface area contributed by atoms with Crippen molar-refractivity contribution in [3.63, 3.8) is 0 Å². The van der Waals surface area contributed by atoms with Crippen LogP contribution in [0.25, 0.3) is 11.1 Å². The lowest BCUT2D eigenvalue weighted by Crippen LogP contribution is -2.60. The van der Waals surface area contributed by atoms with Gasteiger partial charge in [0.1, 0.15) is 6.61 Å². The van der Waals surface area contributed by atoms with E-state index in [-0.39, 0.29) is 38.6 Å². The first-order valence-electron chi connectivity index (χ1n) is 11.7. The Morgan fingerprint density at radius 1 is 0.971 bits per heavy atom. The number of hydrogen-bond donors (Lipinski definition) is 3. The zero-order valence-electron chi connectivity index (χ0n) is 18.8. The minimum Gasteiger partial charge on any atom is -0.479 e. The number of rotatable bonds is 7. The van der Waals surface area contributed by atoms with E-state index < -0.39 is 29.0 Å². The number of fused-ring (bicyclic) bond motifs is 3. The second-order valence-electron chi connectivity index (χ2n) is 9.50. The molecule has 0 spiro atoms. The lowest BCUT2D eigenvalue weighted by molar-refractivity contribution is -0.148. The van der Waals surface area contributed by atoms with Crippen LogP contribution >= 0.6 is 0 Å². The molecule has 0 radical (unpaired) electrons. The second-order valence-corrected chi connectivity index (χ2v) is 9.50. The molecular weight excluding hydrogens is 436 g/mol. The Balaban J connectivity index is 1.21. The summed E-state index contributed by atoms with van der Waals surface area (Å²) >= 11 is 0. The number of benzene rings is 2. The van der Waals surface area contributed by atoms with Crippen molar-refractivity contribution < 1.29 is 29.0 Å². The first-order valence-corrected chi connectivity index (χ1v) is 11.7. The van der Waals surface area contributed by atoms with E-state index in [1.165, 1.54) is 0 Å². The van der Waals surface area contributed by atoms with Gasteiger partial charge in [0.05, 0.1) is 12.1 Å². The average Bonchev–Trinajstić information content (AvgIpc) is 3.40. The molecule has 0 bridgehead atoms. The summed E-state index contributed by atoms with van der Waals surface area (Å²) in [7, 11) is 0. The number of aliphatic carboxylic acids is 1. The third-order valence-corrected chi connectivity index (χ3v) is 7.33. The Bertz CT molecular complexity index is 1070. The molecule has 1 saturated carbocycles. The van der Waals surface area contributed by atoms with E-state index in [1.807, 2.05) is 24.3 Å². The molecule has 1 aliphatic heterocycles. The van der Waals surface area contributed by atoms with Crippen LogP contribution in [0.2, 0.25) is 0 Å². The highest BCUT2D eigenvalue weighted by Gasteiger charge is 2.47. The lowest BCUT2D eigenvalue weighted by atomic mass is 9.74. The quantitative estimate of drug-likeness (QED) is 0.580. The number of hydrogen-bond acceptors (Lipinski definition) is 5. The summed E-state index contributed by atoms with van der Waals surface area (Å²) in [5.41, 5.74) is 2.46. The summed E-state index contributed by atoms with van der Waals surface area (Å²) < 4.78 is 10.9. The minimum absolute atomic E-state index is 0.00618. The maximum atomic E-state index is 12.8. The molecule has 5 rings (SSSR count). The van der Waals surface area contributed by atoms with Crippen LogP contribution in [0.5, 0.6) is 0 Å². The van der Waals surface area contributed by atoms with Gasteiger partial charge in [0.2, 0.25) is 5.91 Å². The van der Waals surface area contributed by atoms with Crippen molar-refractivity contribution in [2.45, 2.75) is 49.1 Å². The topological polar surface area (TPSA) is 114 Å². The van der Waals surface area contributed by atoms with Crippen LogP contribution in [-0.2, 0) is 19.1 Å². The van der Waals surface area contributed by atoms with Crippen LogP contribution < -0.4 is 10.6 Å². The van der Waals surface area contributed by atoms with Gasteiger partial charge in [-0.25, -0.2) is 9.59 Å². The van der Waals surface area contributed by atoms with Crippen LogP contribution in [0.1, 0.15) is 49.1 Å². The Kier molecular flexibility index (Phi) is 5.77. The molecule has 178 valence electrons. The molecule has 34 heavy (non-hydrogen) atoms. The number of amides is 2. The van der Waals surface area contributed by atoms with E-state index in [9.17, 15) is 19.5 Å². The monoisotopic (exact) mass is 464 g/mol. The molecule has 1 heterocycles. The SMILES string of the molecule is O=C(CC1(NC(=O)OCC2c3ccccc3-c3ccccc32)CCC1)NC1(C(=O)O)CCOC1. The molecule has 2 fully saturated rings. The van der Waals surface area contributed by atoms with E-state index in [0.717, 1.165) is 28.7 Å². The average molecular weight is 465 g/mol. The van der Waals surface area contributed by atoms with Crippen molar-refractivity contribution in [1.29, 1.82) is 0 Å². The first kappa shape index (κ1) is 22.4. The smallest absolute Gasteiger partial charge is 0.407 e. The van der Waals surface area contributed by atoms with E-state index in [0.29, 0.717) is 12.8 Å². The van der Waals surface area contributed by atoms with Gasteiger partial charge in [-0.2, -0.15) is 0 Å². The molecule has 2 aromatic rings. The third kappa shape index (κ3) is 4.03. The fraction of sp³-hybridized carbons (Fsp3) is 0.423. The largest absolute Gasteiger partial charge is 0.479 e. The predicted octanol–water partition coefficient (Wildman–Crippen LogP) is 3.20. The van der Waals surface area contributed by atoms with Crippen molar-refractivity contribution in [2.75, 3.05) is 19.8 Å². The molecule has 3 N–H and O–H groups in total. The van der Waals surface area contributed by atoms with Gasteiger partial charge < -0.3 is 25.2 Å². The summed E-state index contributed by atoms with van der Waals surface area (Å²) in [5.74, 6) is -1.56. The number of nitrogens with one attached hydrogen (secondary N) is 2. The van der Waals surface area contributed by atoms with Crippen molar-refractivity contribution in [2.24, 2.45) is 0 Å². The van der Waals surface area contributed by atoms with Gasteiger partial charge >= 0.3 is 12.1 Å². The normalized spacial score (nSPS) is 22.2. The molecule has 8 heteroatoms. The van der Waals surface area contributed by atoms with Gasteiger partial charge in [0.15, 0.2) is 5.54 Å². The maximum absolute atomic E-state index is 12.8. The molecule has 0 aromatic heterocycles. The Hall–Kier alpha value is -3.39. The van der Waals surface area contributed by atoms with Crippen molar-refractivity contribution in [3.8, 4) is 11.1 Å². The highest BCUT2D eigenvalue weighted by atomic mass is 16.5.